The first-order valence-electron chi connectivity index (χ1n) is 9.45. The van der Waals surface area contributed by atoms with Crippen LogP contribution in [-0.4, -0.2) is 27.3 Å². The van der Waals surface area contributed by atoms with Crippen LogP contribution in [0.5, 0.6) is 0 Å². The molecule has 0 aliphatic heterocycles. The van der Waals surface area contributed by atoms with E-state index in [-0.39, 0.29) is 6.42 Å². The SMILES string of the molecule is CCCCCCCCCc1ccc(CNCCC(O)P(=O)(O)O)cc1. The summed E-state index contributed by atoms with van der Waals surface area (Å²) in [7, 11) is -4.38. The number of aliphatic hydroxyl groups excluding tert-OH is 1. The van der Waals surface area contributed by atoms with Gasteiger partial charge in [0.05, 0.1) is 0 Å². The van der Waals surface area contributed by atoms with Crippen LogP contribution >= 0.6 is 7.60 Å². The zero-order valence-electron chi connectivity index (χ0n) is 15.4. The molecule has 1 aromatic carbocycles. The van der Waals surface area contributed by atoms with Crippen LogP contribution in [0.1, 0.15) is 69.4 Å². The van der Waals surface area contributed by atoms with E-state index in [1.165, 1.54) is 50.5 Å². The number of benzene rings is 1. The molecule has 0 saturated carbocycles. The Hall–Kier alpha value is -0.710. The molecule has 0 bridgehead atoms. The largest absolute Gasteiger partial charge is 0.380 e. The van der Waals surface area contributed by atoms with Gasteiger partial charge in [0.15, 0.2) is 5.85 Å². The minimum atomic E-state index is -4.38. The van der Waals surface area contributed by atoms with Crippen LogP contribution in [0.4, 0.5) is 0 Å². The summed E-state index contributed by atoms with van der Waals surface area (Å²) in [4.78, 5) is 17.6. The van der Waals surface area contributed by atoms with Gasteiger partial charge in [-0.2, -0.15) is 0 Å². The van der Waals surface area contributed by atoms with Crippen LogP contribution in [0.2, 0.25) is 0 Å². The lowest BCUT2D eigenvalue weighted by molar-refractivity contribution is 0.193. The molecule has 0 heterocycles. The summed E-state index contributed by atoms with van der Waals surface area (Å²) in [5, 5.41) is 12.4. The monoisotopic (exact) mass is 371 g/mol. The van der Waals surface area contributed by atoms with Gasteiger partial charge in [0.2, 0.25) is 0 Å². The third-order valence-corrected chi connectivity index (χ3v) is 5.42. The van der Waals surface area contributed by atoms with Gasteiger partial charge in [0.1, 0.15) is 0 Å². The Balaban J connectivity index is 2.14. The highest BCUT2D eigenvalue weighted by Crippen LogP contribution is 2.40. The minimum absolute atomic E-state index is 0.0423. The zero-order valence-corrected chi connectivity index (χ0v) is 16.3. The molecule has 0 spiro atoms. The Kier molecular flexibility index (Phi) is 11.3. The third kappa shape index (κ3) is 10.8. The molecule has 4 N–H and O–H groups in total. The first-order chi connectivity index (χ1) is 11.9. The molecule has 144 valence electrons. The standard InChI is InChI=1S/C19H34NO4P/c1-2-3-4-5-6-7-8-9-17-10-12-18(13-11-17)16-20-15-14-19(21)25(22,23)24/h10-13,19-21H,2-9,14-16H2,1H3,(H2,22,23,24). The fraction of sp³-hybridized carbons (Fsp3) is 0.684. The maximum absolute atomic E-state index is 10.8. The molecule has 5 nitrogen and oxygen atoms in total. The molecule has 0 radical (unpaired) electrons. The second-order valence-electron chi connectivity index (χ2n) is 6.72. The summed E-state index contributed by atoms with van der Waals surface area (Å²) in [5.74, 6) is -1.58. The smallest absolute Gasteiger partial charge is 0.353 e. The lowest BCUT2D eigenvalue weighted by Crippen LogP contribution is -2.20. The van der Waals surface area contributed by atoms with Gasteiger partial charge in [-0.3, -0.25) is 4.57 Å². The van der Waals surface area contributed by atoms with Crippen molar-refractivity contribution >= 4 is 7.60 Å². The van der Waals surface area contributed by atoms with Crippen molar-refractivity contribution < 1.29 is 19.5 Å². The van der Waals surface area contributed by atoms with E-state index >= 15 is 0 Å². The van der Waals surface area contributed by atoms with Gasteiger partial charge in [-0.05, 0) is 36.9 Å². The summed E-state index contributed by atoms with van der Waals surface area (Å²) in [5.41, 5.74) is 2.49. The third-order valence-electron chi connectivity index (χ3n) is 4.39. The molecule has 0 aliphatic rings. The van der Waals surface area contributed by atoms with E-state index in [2.05, 4.69) is 36.5 Å². The molecule has 25 heavy (non-hydrogen) atoms. The fourth-order valence-electron chi connectivity index (χ4n) is 2.74. The van der Waals surface area contributed by atoms with Gasteiger partial charge < -0.3 is 20.2 Å². The van der Waals surface area contributed by atoms with Crippen molar-refractivity contribution in [3.05, 3.63) is 35.4 Å². The number of rotatable bonds is 14. The quantitative estimate of drug-likeness (QED) is 0.294. The number of aryl methyl sites for hydroxylation is 1. The number of aliphatic hydroxyl groups is 1. The Morgan fingerprint density at radius 3 is 2.12 bits per heavy atom. The second kappa shape index (κ2) is 12.6. The molecular formula is C19H34NO4P. The van der Waals surface area contributed by atoms with E-state index in [4.69, 9.17) is 9.79 Å². The molecule has 0 aliphatic carbocycles. The lowest BCUT2D eigenvalue weighted by Gasteiger charge is -2.12. The van der Waals surface area contributed by atoms with Gasteiger partial charge in [-0.15, -0.1) is 0 Å². The Labute approximate surface area is 152 Å². The first-order valence-corrected chi connectivity index (χ1v) is 11.1. The Morgan fingerprint density at radius 2 is 1.52 bits per heavy atom. The topological polar surface area (TPSA) is 89.8 Å². The average Bonchev–Trinajstić information content (AvgIpc) is 2.58. The van der Waals surface area contributed by atoms with Gasteiger partial charge in [-0.25, -0.2) is 0 Å². The number of unbranched alkanes of at least 4 members (excludes halogenated alkanes) is 6. The van der Waals surface area contributed by atoms with Crippen molar-refractivity contribution in [3.63, 3.8) is 0 Å². The normalized spacial score (nSPS) is 13.1. The number of hydrogen-bond acceptors (Lipinski definition) is 3. The van der Waals surface area contributed by atoms with Crippen LogP contribution in [0.25, 0.3) is 0 Å². The van der Waals surface area contributed by atoms with Crippen molar-refractivity contribution in [2.45, 2.75) is 77.1 Å². The second-order valence-corrected chi connectivity index (χ2v) is 8.50. The summed E-state index contributed by atoms with van der Waals surface area (Å²) in [6, 6.07) is 8.48. The summed E-state index contributed by atoms with van der Waals surface area (Å²) in [6.07, 6.45) is 10.4. The van der Waals surface area contributed by atoms with Gasteiger partial charge in [-0.1, -0.05) is 69.7 Å². The van der Waals surface area contributed by atoms with Gasteiger partial charge in [0.25, 0.3) is 0 Å². The van der Waals surface area contributed by atoms with Crippen molar-refractivity contribution in [1.82, 2.24) is 5.32 Å². The maximum Gasteiger partial charge on any atom is 0.353 e. The van der Waals surface area contributed by atoms with Gasteiger partial charge in [0, 0.05) is 6.54 Å². The van der Waals surface area contributed by atoms with Crippen LogP contribution < -0.4 is 5.32 Å². The lowest BCUT2D eigenvalue weighted by atomic mass is 10.0. The Morgan fingerprint density at radius 1 is 0.960 bits per heavy atom. The van der Waals surface area contributed by atoms with Crippen molar-refractivity contribution in [3.8, 4) is 0 Å². The molecule has 1 rings (SSSR count). The highest BCUT2D eigenvalue weighted by Gasteiger charge is 2.25. The van der Waals surface area contributed by atoms with E-state index in [1.54, 1.807) is 0 Å². The van der Waals surface area contributed by atoms with Crippen LogP contribution in [0.15, 0.2) is 24.3 Å². The highest BCUT2D eigenvalue weighted by molar-refractivity contribution is 7.52. The number of hydrogen-bond donors (Lipinski definition) is 4. The molecule has 1 atom stereocenters. The van der Waals surface area contributed by atoms with Crippen molar-refractivity contribution in [2.24, 2.45) is 0 Å². The highest BCUT2D eigenvalue weighted by atomic mass is 31.2. The van der Waals surface area contributed by atoms with Crippen molar-refractivity contribution in [2.75, 3.05) is 6.54 Å². The van der Waals surface area contributed by atoms with E-state index in [0.29, 0.717) is 13.1 Å². The summed E-state index contributed by atoms with van der Waals surface area (Å²) < 4.78 is 10.8. The molecule has 1 unspecified atom stereocenters. The summed E-state index contributed by atoms with van der Waals surface area (Å²) in [6.45, 7) is 3.24. The fourth-order valence-corrected chi connectivity index (χ4v) is 3.21. The zero-order chi connectivity index (χ0) is 18.5. The van der Waals surface area contributed by atoms with Crippen LogP contribution in [0, 0.1) is 0 Å². The molecular weight excluding hydrogens is 337 g/mol. The summed E-state index contributed by atoms with van der Waals surface area (Å²) >= 11 is 0. The molecule has 1 aromatic rings. The molecule has 0 fully saturated rings. The average molecular weight is 371 g/mol. The van der Waals surface area contributed by atoms with E-state index in [0.717, 1.165) is 12.0 Å². The molecule has 0 aromatic heterocycles. The molecule has 6 heteroatoms. The maximum atomic E-state index is 10.8. The molecule has 0 amide bonds. The van der Waals surface area contributed by atoms with Crippen molar-refractivity contribution in [1.29, 1.82) is 0 Å². The van der Waals surface area contributed by atoms with Crippen LogP contribution in [-0.2, 0) is 17.5 Å². The van der Waals surface area contributed by atoms with Crippen LogP contribution in [0.3, 0.4) is 0 Å². The van der Waals surface area contributed by atoms with E-state index < -0.39 is 13.4 Å². The van der Waals surface area contributed by atoms with E-state index in [1.807, 2.05) is 0 Å². The minimum Gasteiger partial charge on any atom is -0.380 e. The van der Waals surface area contributed by atoms with E-state index in [9.17, 15) is 9.67 Å². The predicted molar refractivity (Wildman–Crippen MR) is 103 cm³/mol. The number of nitrogens with one attached hydrogen (secondary N) is 1. The molecule has 0 saturated heterocycles. The predicted octanol–water partition coefficient (Wildman–Crippen LogP) is 3.96. The van der Waals surface area contributed by atoms with Gasteiger partial charge >= 0.3 is 7.60 Å². The first kappa shape index (κ1) is 22.3. The Bertz CT molecular complexity index is 501.